The summed E-state index contributed by atoms with van der Waals surface area (Å²) in [5.74, 6) is 0. The Labute approximate surface area is 112 Å². The van der Waals surface area contributed by atoms with Crippen LogP contribution in [0.1, 0.15) is 18.9 Å². The van der Waals surface area contributed by atoms with Gasteiger partial charge in [-0.25, -0.2) is 14.6 Å². The van der Waals surface area contributed by atoms with E-state index < -0.39 is 0 Å². The molecule has 0 aliphatic heterocycles. The fraction of sp³-hybridized carbons (Fsp3) is 0.400. The molecular weight excluding hydrogens is 306 g/mol. The summed E-state index contributed by atoms with van der Waals surface area (Å²) in [4.78, 5) is 8.31. The van der Waals surface area contributed by atoms with Gasteiger partial charge in [-0.2, -0.15) is 0 Å². The van der Waals surface area contributed by atoms with E-state index in [4.69, 9.17) is 11.6 Å². The lowest BCUT2D eigenvalue weighted by Gasteiger charge is -2.08. The number of aromatic nitrogens is 5. The van der Waals surface area contributed by atoms with Crippen molar-refractivity contribution < 1.29 is 0 Å². The van der Waals surface area contributed by atoms with Crippen LogP contribution < -0.4 is 0 Å². The summed E-state index contributed by atoms with van der Waals surface area (Å²) in [5, 5.41) is 8.38. The molecule has 0 saturated heterocycles. The average molecular weight is 317 g/mol. The molecule has 7 heteroatoms. The van der Waals surface area contributed by atoms with Crippen LogP contribution in [-0.2, 0) is 13.5 Å². The third kappa shape index (κ3) is 2.32. The van der Waals surface area contributed by atoms with Crippen molar-refractivity contribution in [1.29, 1.82) is 0 Å². The first-order chi connectivity index (χ1) is 8.15. The van der Waals surface area contributed by atoms with Gasteiger partial charge in [-0.15, -0.1) is 5.10 Å². The van der Waals surface area contributed by atoms with Crippen LogP contribution in [0.4, 0.5) is 0 Å². The second-order valence-corrected chi connectivity index (χ2v) is 4.70. The zero-order chi connectivity index (χ0) is 12.4. The highest BCUT2D eigenvalue weighted by Crippen LogP contribution is 2.30. The minimum absolute atomic E-state index is 0.491. The molecule has 17 heavy (non-hydrogen) atoms. The fourth-order valence-corrected chi connectivity index (χ4v) is 2.39. The third-order valence-electron chi connectivity index (χ3n) is 2.40. The van der Waals surface area contributed by atoms with Gasteiger partial charge in [0.05, 0.1) is 5.69 Å². The van der Waals surface area contributed by atoms with Gasteiger partial charge in [0.2, 0.25) is 0 Å². The van der Waals surface area contributed by atoms with Gasteiger partial charge < -0.3 is 0 Å². The summed E-state index contributed by atoms with van der Waals surface area (Å²) in [5.41, 5.74) is 2.53. The molecule has 0 bridgehead atoms. The molecule has 2 rings (SSSR count). The lowest BCUT2D eigenvalue weighted by molar-refractivity contribution is 0.717. The molecule has 5 nitrogen and oxygen atoms in total. The summed E-state index contributed by atoms with van der Waals surface area (Å²) in [6.07, 6.45) is 3.26. The monoisotopic (exact) mass is 315 g/mol. The van der Waals surface area contributed by atoms with E-state index in [-0.39, 0.29) is 0 Å². The molecule has 0 spiro atoms. The molecule has 2 aromatic heterocycles. The zero-order valence-corrected chi connectivity index (χ0v) is 11.8. The minimum atomic E-state index is 0.491. The summed E-state index contributed by atoms with van der Waals surface area (Å²) in [6.45, 7) is 2.09. The van der Waals surface area contributed by atoms with Crippen molar-refractivity contribution in [3.8, 4) is 11.4 Å². The van der Waals surface area contributed by atoms with Crippen molar-refractivity contribution in [2.24, 2.45) is 7.05 Å². The summed E-state index contributed by atoms with van der Waals surface area (Å²) >= 11 is 9.48. The van der Waals surface area contributed by atoms with Gasteiger partial charge in [-0.05, 0) is 22.4 Å². The first kappa shape index (κ1) is 12.4. The van der Waals surface area contributed by atoms with E-state index in [1.54, 1.807) is 4.68 Å². The quantitative estimate of drug-likeness (QED) is 0.817. The van der Waals surface area contributed by atoms with Gasteiger partial charge >= 0.3 is 0 Å². The Kier molecular flexibility index (Phi) is 3.73. The van der Waals surface area contributed by atoms with E-state index in [0.717, 1.165) is 29.8 Å². The molecule has 0 saturated carbocycles. The second-order valence-electron chi connectivity index (χ2n) is 3.59. The minimum Gasteiger partial charge on any atom is -0.245 e. The van der Waals surface area contributed by atoms with Crippen molar-refractivity contribution in [1.82, 2.24) is 25.0 Å². The van der Waals surface area contributed by atoms with Crippen molar-refractivity contribution >= 4 is 27.5 Å². The van der Waals surface area contributed by atoms with Crippen LogP contribution >= 0.6 is 27.5 Å². The van der Waals surface area contributed by atoms with Gasteiger partial charge in [0.15, 0.2) is 4.60 Å². The molecule has 0 aromatic carbocycles. The smallest absolute Gasteiger partial charge is 0.157 e. The largest absolute Gasteiger partial charge is 0.245 e. The van der Waals surface area contributed by atoms with Crippen molar-refractivity contribution in [2.75, 3.05) is 0 Å². The van der Waals surface area contributed by atoms with Crippen LogP contribution in [-0.4, -0.2) is 25.0 Å². The number of halogens is 2. The van der Waals surface area contributed by atoms with Crippen molar-refractivity contribution in [2.45, 2.75) is 19.8 Å². The molecule has 0 unspecified atom stereocenters. The normalized spacial score (nSPS) is 10.8. The highest BCUT2D eigenvalue weighted by molar-refractivity contribution is 9.10. The predicted octanol–water partition coefficient (Wildman–Crippen LogP) is 2.64. The number of hydrogen-bond donors (Lipinski definition) is 0. The first-order valence-corrected chi connectivity index (χ1v) is 6.37. The molecule has 0 atom stereocenters. The van der Waals surface area contributed by atoms with E-state index in [0.29, 0.717) is 9.76 Å². The maximum atomic E-state index is 6.11. The zero-order valence-electron chi connectivity index (χ0n) is 9.48. The second kappa shape index (κ2) is 5.10. The van der Waals surface area contributed by atoms with E-state index in [1.807, 2.05) is 7.05 Å². The van der Waals surface area contributed by atoms with Crippen LogP contribution in [0.25, 0.3) is 11.4 Å². The summed E-state index contributed by atoms with van der Waals surface area (Å²) in [7, 11) is 1.82. The molecule has 0 amide bonds. The first-order valence-electron chi connectivity index (χ1n) is 5.20. The molecule has 0 aliphatic carbocycles. The number of aryl methyl sites for hydroxylation is 1. The molecule has 0 radical (unpaired) electrons. The van der Waals surface area contributed by atoms with Gasteiger partial charge in [0.1, 0.15) is 17.2 Å². The van der Waals surface area contributed by atoms with Crippen LogP contribution in [0.5, 0.6) is 0 Å². The summed E-state index contributed by atoms with van der Waals surface area (Å²) in [6, 6.07) is 0. The third-order valence-corrected chi connectivity index (χ3v) is 3.26. The highest BCUT2D eigenvalue weighted by Gasteiger charge is 2.18. The molecule has 2 aromatic rings. The molecule has 2 heterocycles. The molecular formula is C10H11BrClN5. The topological polar surface area (TPSA) is 56.5 Å². The Morgan fingerprint density at radius 3 is 2.76 bits per heavy atom. The van der Waals surface area contributed by atoms with E-state index in [1.165, 1.54) is 6.33 Å². The van der Waals surface area contributed by atoms with Crippen LogP contribution in [0, 0.1) is 0 Å². The summed E-state index contributed by atoms with van der Waals surface area (Å²) < 4.78 is 2.33. The molecule has 0 fully saturated rings. The lowest BCUT2D eigenvalue weighted by Crippen LogP contribution is -2.02. The Hall–Kier alpha value is -1.01. The van der Waals surface area contributed by atoms with Crippen molar-refractivity contribution in [3.05, 3.63) is 21.6 Å². The number of hydrogen-bond acceptors (Lipinski definition) is 4. The maximum Gasteiger partial charge on any atom is 0.157 e. The van der Waals surface area contributed by atoms with Gasteiger partial charge in [0, 0.05) is 12.6 Å². The number of nitrogens with zero attached hydrogens (tertiary/aromatic N) is 5. The number of rotatable bonds is 3. The Morgan fingerprint density at radius 1 is 1.41 bits per heavy atom. The van der Waals surface area contributed by atoms with E-state index >= 15 is 0 Å². The van der Waals surface area contributed by atoms with E-state index in [9.17, 15) is 0 Å². The predicted molar refractivity (Wildman–Crippen MR) is 68.7 cm³/mol. The maximum absolute atomic E-state index is 6.11. The highest BCUT2D eigenvalue weighted by atomic mass is 79.9. The molecule has 90 valence electrons. The average Bonchev–Trinajstić information content (AvgIpc) is 2.62. The van der Waals surface area contributed by atoms with Gasteiger partial charge in [-0.3, -0.25) is 0 Å². The SMILES string of the molecule is CCCc1c(Cl)ncnc1-c1c(Br)nnn1C. The van der Waals surface area contributed by atoms with Crippen LogP contribution in [0.2, 0.25) is 5.15 Å². The van der Waals surface area contributed by atoms with Gasteiger partial charge in [0.25, 0.3) is 0 Å². The van der Waals surface area contributed by atoms with Crippen LogP contribution in [0.15, 0.2) is 10.9 Å². The Bertz CT molecular complexity index is 520. The molecule has 0 aliphatic rings. The standard InChI is InChI=1S/C10H11BrClN5/c1-3-4-6-7(13-5-14-10(6)12)8-9(11)15-16-17(8)2/h5H,3-4H2,1-2H3. The van der Waals surface area contributed by atoms with Crippen molar-refractivity contribution in [3.63, 3.8) is 0 Å². The van der Waals surface area contributed by atoms with E-state index in [2.05, 4.69) is 43.1 Å². The fourth-order valence-electron chi connectivity index (χ4n) is 1.65. The Balaban J connectivity index is 2.63. The Morgan fingerprint density at radius 2 is 2.18 bits per heavy atom. The lowest BCUT2D eigenvalue weighted by atomic mass is 10.1. The molecule has 0 N–H and O–H groups in total. The van der Waals surface area contributed by atoms with Crippen LogP contribution in [0.3, 0.4) is 0 Å². The van der Waals surface area contributed by atoms with Gasteiger partial charge in [-0.1, -0.05) is 30.2 Å².